The van der Waals surface area contributed by atoms with E-state index in [1.54, 1.807) is 0 Å². The van der Waals surface area contributed by atoms with Crippen molar-refractivity contribution >= 4 is 5.97 Å². The van der Waals surface area contributed by atoms with Crippen molar-refractivity contribution in [3.63, 3.8) is 0 Å². The predicted octanol–water partition coefficient (Wildman–Crippen LogP) is 4.79. The van der Waals surface area contributed by atoms with Crippen molar-refractivity contribution in [1.29, 1.82) is 0 Å². The maximum atomic E-state index is 11.2. The summed E-state index contributed by atoms with van der Waals surface area (Å²) < 4.78 is 16.5. The Morgan fingerprint density at radius 1 is 0.792 bits per heavy atom. The van der Waals surface area contributed by atoms with Crippen LogP contribution in [0.3, 0.4) is 0 Å². The van der Waals surface area contributed by atoms with Crippen LogP contribution in [0.15, 0.2) is 0 Å². The number of unbranched alkanes of at least 4 members (excludes halogenated alkanes) is 6. The summed E-state index contributed by atoms with van der Waals surface area (Å²) in [4.78, 5) is 11.2. The van der Waals surface area contributed by atoms with Crippen LogP contribution in [-0.4, -0.2) is 37.0 Å². The van der Waals surface area contributed by atoms with Gasteiger partial charge in [-0.15, -0.1) is 0 Å². The average Bonchev–Trinajstić information content (AvgIpc) is 3.47. The van der Waals surface area contributed by atoms with E-state index >= 15 is 0 Å². The Kier molecular flexibility index (Phi) is 9.11. The molecule has 0 aromatic carbocycles. The molecule has 0 radical (unpaired) electrons. The van der Waals surface area contributed by atoms with Gasteiger partial charge in [-0.05, 0) is 26.2 Å². The topological polar surface area (TPSA) is 51.4 Å². The lowest BCUT2D eigenvalue weighted by Crippen LogP contribution is -2.03. The van der Waals surface area contributed by atoms with E-state index in [0.29, 0.717) is 37.4 Å². The molecule has 2 heterocycles. The molecule has 0 aromatic heterocycles. The molecule has 2 saturated heterocycles. The summed E-state index contributed by atoms with van der Waals surface area (Å²) in [7, 11) is 0. The van der Waals surface area contributed by atoms with Crippen LogP contribution in [0.5, 0.6) is 0 Å². The Balaban J connectivity index is 1.34. The minimum absolute atomic E-state index is 0.0537. The fraction of sp³-hybridized carbons (Fsp3) is 0.950. The minimum Gasteiger partial charge on any atom is -0.466 e. The lowest BCUT2D eigenvalue weighted by atomic mass is 10.0. The molecule has 24 heavy (non-hydrogen) atoms. The lowest BCUT2D eigenvalue weighted by molar-refractivity contribution is -0.143. The fourth-order valence-electron chi connectivity index (χ4n) is 3.48. The molecule has 0 saturated carbocycles. The van der Waals surface area contributed by atoms with Crippen molar-refractivity contribution in [1.82, 2.24) is 0 Å². The molecule has 0 bridgehead atoms. The number of hydrogen-bond acceptors (Lipinski definition) is 4. The Morgan fingerprint density at radius 3 is 2.00 bits per heavy atom. The molecule has 4 heteroatoms. The molecule has 4 nitrogen and oxygen atoms in total. The monoisotopic (exact) mass is 340 g/mol. The molecule has 0 spiro atoms. The van der Waals surface area contributed by atoms with Crippen molar-refractivity contribution < 1.29 is 19.0 Å². The SMILES string of the molecule is CCCCCC1OC1CC1OC1CCCCCCCC(=O)OCC. The molecule has 0 aromatic rings. The van der Waals surface area contributed by atoms with Crippen molar-refractivity contribution in [3.8, 4) is 0 Å². The molecule has 4 unspecified atom stereocenters. The van der Waals surface area contributed by atoms with Gasteiger partial charge >= 0.3 is 5.97 Å². The van der Waals surface area contributed by atoms with Gasteiger partial charge in [0.15, 0.2) is 0 Å². The molecule has 2 rings (SSSR count). The summed E-state index contributed by atoms with van der Waals surface area (Å²) in [5.41, 5.74) is 0. The molecular formula is C20H36O4. The summed E-state index contributed by atoms with van der Waals surface area (Å²) >= 11 is 0. The van der Waals surface area contributed by atoms with E-state index < -0.39 is 0 Å². The maximum absolute atomic E-state index is 11.2. The highest BCUT2D eigenvalue weighted by Crippen LogP contribution is 2.39. The number of carbonyl (C=O) groups excluding carboxylic acids is 1. The highest BCUT2D eigenvalue weighted by Gasteiger charge is 2.47. The van der Waals surface area contributed by atoms with E-state index in [2.05, 4.69) is 6.92 Å². The Morgan fingerprint density at radius 2 is 1.38 bits per heavy atom. The van der Waals surface area contributed by atoms with Gasteiger partial charge in [0, 0.05) is 12.8 Å². The third kappa shape index (κ3) is 7.98. The van der Waals surface area contributed by atoms with Gasteiger partial charge in [-0.25, -0.2) is 0 Å². The summed E-state index contributed by atoms with van der Waals surface area (Å²) in [5, 5.41) is 0. The zero-order valence-corrected chi connectivity index (χ0v) is 15.6. The van der Waals surface area contributed by atoms with Crippen molar-refractivity contribution in [2.75, 3.05) is 6.61 Å². The third-order valence-electron chi connectivity index (χ3n) is 5.11. The van der Waals surface area contributed by atoms with Crippen molar-refractivity contribution in [2.45, 2.75) is 115 Å². The van der Waals surface area contributed by atoms with E-state index in [-0.39, 0.29) is 5.97 Å². The Labute approximate surface area is 147 Å². The Bertz CT molecular complexity index is 358. The molecule has 0 amide bonds. The molecule has 140 valence electrons. The van der Waals surface area contributed by atoms with E-state index in [0.717, 1.165) is 19.3 Å². The molecule has 2 fully saturated rings. The van der Waals surface area contributed by atoms with Crippen molar-refractivity contribution in [3.05, 3.63) is 0 Å². The van der Waals surface area contributed by atoms with Crippen LogP contribution in [-0.2, 0) is 19.0 Å². The standard InChI is InChI=1S/C20H36O4/c1-3-5-9-12-16-18(23-16)15-19-17(24-19)13-10-7-6-8-11-14-20(21)22-4-2/h16-19H,3-15H2,1-2H3. The van der Waals surface area contributed by atoms with Gasteiger partial charge in [0.2, 0.25) is 0 Å². The highest BCUT2D eigenvalue weighted by atomic mass is 16.6. The number of esters is 1. The van der Waals surface area contributed by atoms with Gasteiger partial charge < -0.3 is 14.2 Å². The van der Waals surface area contributed by atoms with Gasteiger partial charge in [-0.3, -0.25) is 4.79 Å². The molecule has 0 N–H and O–H groups in total. The van der Waals surface area contributed by atoms with Gasteiger partial charge in [0.05, 0.1) is 31.0 Å². The predicted molar refractivity (Wildman–Crippen MR) is 95.0 cm³/mol. The number of epoxide rings is 2. The third-order valence-corrected chi connectivity index (χ3v) is 5.11. The first-order valence-electron chi connectivity index (χ1n) is 10.2. The van der Waals surface area contributed by atoms with Crippen molar-refractivity contribution in [2.24, 2.45) is 0 Å². The van der Waals surface area contributed by atoms with Crippen LogP contribution in [0.2, 0.25) is 0 Å². The van der Waals surface area contributed by atoms with Crippen LogP contribution < -0.4 is 0 Å². The van der Waals surface area contributed by atoms with E-state index in [9.17, 15) is 4.79 Å². The fourth-order valence-corrected chi connectivity index (χ4v) is 3.48. The summed E-state index contributed by atoms with van der Waals surface area (Å²) in [6, 6.07) is 0. The van der Waals surface area contributed by atoms with E-state index in [4.69, 9.17) is 14.2 Å². The number of carbonyl (C=O) groups is 1. The summed E-state index contributed by atoms with van der Waals surface area (Å²) in [6.45, 7) is 4.59. The van der Waals surface area contributed by atoms with Crippen LogP contribution in [0.4, 0.5) is 0 Å². The molecule has 4 atom stereocenters. The first-order valence-corrected chi connectivity index (χ1v) is 10.2. The quantitative estimate of drug-likeness (QED) is 0.244. The first kappa shape index (κ1) is 19.7. The van der Waals surface area contributed by atoms with Gasteiger partial charge in [0.25, 0.3) is 0 Å². The summed E-state index contributed by atoms with van der Waals surface area (Å²) in [6.07, 6.45) is 15.8. The smallest absolute Gasteiger partial charge is 0.305 e. The second kappa shape index (κ2) is 11.1. The second-order valence-corrected chi connectivity index (χ2v) is 7.27. The average molecular weight is 341 g/mol. The number of rotatable bonds is 15. The highest BCUT2D eigenvalue weighted by molar-refractivity contribution is 5.69. The number of ether oxygens (including phenoxy) is 3. The molecular weight excluding hydrogens is 304 g/mol. The van der Waals surface area contributed by atoms with Crippen LogP contribution in [0.1, 0.15) is 90.9 Å². The molecule has 2 aliphatic heterocycles. The summed E-state index contributed by atoms with van der Waals surface area (Å²) in [5.74, 6) is -0.0537. The minimum atomic E-state index is -0.0537. The van der Waals surface area contributed by atoms with Crippen LogP contribution in [0, 0.1) is 0 Å². The lowest BCUT2D eigenvalue weighted by Gasteiger charge is -2.02. The normalized spacial score (nSPS) is 27.9. The largest absolute Gasteiger partial charge is 0.466 e. The molecule has 2 aliphatic rings. The zero-order valence-electron chi connectivity index (χ0n) is 15.6. The Hall–Kier alpha value is -0.610. The van der Waals surface area contributed by atoms with Gasteiger partial charge in [0.1, 0.15) is 0 Å². The second-order valence-electron chi connectivity index (χ2n) is 7.27. The number of hydrogen-bond donors (Lipinski definition) is 0. The maximum Gasteiger partial charge on any atom is 0.305 e. The zero-order chi connectivity index (χ0) is 17.2. The van der Waals surface area contributed by atoms with Crippen LogP contribution >= 0.6 is 0 Å². The van der Waals surface area contributed by atoms with E-state index in [1.165, 1.54) is 51.4 Å². The molecule has 0 aliphatic carbocycles. The first-order chi connectivity index (χ1) is 11.7. The van der Waals surface area contributed by atoms with Gasteiger partial charge in [-0.2, -0.15) is 0 Å². The van der Waals surface area contributed by atoms with Crippen LogP contribution in [0.25, 0.3) is 0 Å². The van der Waals surface area contributed by atoms with Gasteiger partial charge in [-0.1, -0.05) is 51.9 Å². The van der Waals surface area contributed by atoms with E-state index in [1.807, 2.05) is 6.92 Å².